The van der Waals surface area contributed by atoms with Gasteiger partial charge in [-0.05, 0) is 39.0 Å². The van der Waals surface area contributed by atoms with Gasteiger partial charge in [-0.25, -0.2) is 4.98 Å². The van der Waals surface area contributed by atoms with E-state index in [0.29, 0.717) is 6.54 Å². The fourth-order valence-corrected chi connectivity index (χ4v) is 2.83. The third kappa shape index (κ3) is 4.04. The number of anilines is 1. The number of nitrogens with zero attached hydrogens (tertiary/aromatic N) is 2. The van der Waals surface area contributed by atoms with Gasteiger partial charge in [0.05, 0.1) is 6.54 Å². The van der Waals surface area contributed by atoms with Crippen molar-refractivity contribution >= 4 is 22.9 Å². The molecule has 2 aromatic rings. The molecule has 1 aromatic heterocycles. The van der Waals surface area contributed by atoms with Crippen LogP contribution in [0, 0.1) is 6.92 Å². The van der Waals surface area contributed by atoms with Gasteiger partial charge < -0.3 is 10.2 Å². The Bertz CT molecular complexity index is 605. The van der Waals surface area contributed by atoms with Gasteiger partial charge in [0.2, 0.25) is 0 Å². The van der Waals surface area contributed by atoms with Crippen LogP contribution in [-0.2, 0) is 6.54 Å². The number of hydrogen-bond donors (Lipinski definition) is 1. The van der Waals surface area contributed by atoms with Crippen molar-refractivity contribution < 1.29 is 4.79 Å². The molecule has 0 bridgehead atoms. The maximum atomic E-state index is 12.3. The molecule has 0 aliphatic rings. The van der Waals surface area contributed by atoms with E-state index in [9.17, 15) is 4.79 Å². The molecule has 0 aliphatic carbocycles. The lowest BCUT2D eigenvalue weighted by Crippen LogP contribution is -2.30. The number of nitrogens with one attached hydrogen (secondary N) is 1. The molecule has 0 atom stereocenters. The Balaban J connectivity index is 2.05. The van der Waals surface area contributed by atoms with E-state index in [2.05, 4.69) is 10.3 Å². The van der Waals surface area contributed by atoms with Crippen molar-refractivity contribution in [2.45, 2.75) is 27.3 Å². The van der Waals surface area contributed by atoms with Gasteiger partial charge in [-0.15, -0.1) is 11.3 Å². The predicted molar refractivity (Wildman–Crippen MR) is 87.9 cm³/mol. The van der Waals surface area contributed by atoms with Gasteiger partial charge in [-0.3, -0.25) is 4.79 Å². The lowest BCUT2D eigenvalue weighted by Gasteiger charge is -2.19. The minimum Gasteiger partial charge on any atom is -0.379 e. The minimum atomic E-state index is 0.0775. The summed E-state index contributed by atoms with van der Waals surface area (Å²) in [6, 6.07) is 7.64. The van der Waals surface area contributed by atoms with Crippen molar-refractivity contribution in [3.8, 4) is 0 Å². The molecule has 112 valence electrons. The lowest BCUT2D eigenvalue weighted by atomic mass is 10.1. The average Bonchev–Trinajstić information content (AvgIpc) is 2.92. The quantitative estimate of drug-likeness (QED) is 0.887. The van der Waals surface area contributed by atoms with E-state index in [1.54, 1.807) is 11.3 Å². The van der Waals surface area contributed by atoms with Crippen molar-refractivity contribution in [1.82, 2.24) is 9.88 Å². The van der Waals surface area contributed by atoms with Crippen LogP contribution in [0.15, 0.2) is 29.6 Å². The molecule has 0 saturated heterocycles. The Morgan fingerprint density at radius 2 is 2.10 bits per heavy atom. The monoisotopic (exact) mass is 303 g/mol. The number of benzene rings is 1. The number of carbonyl (C=O) groups excluding carboxylic acids is 1. The Morgan fingerprint density at radius 1 is 1.33 bits per heavy atom. The van der Waals surface area contributed by atoms with E-state index in [4.69, 9.17) is 0 Å². The molecule has 0 saturated carbocycles. The van der Waals surface area contributed by atoms with Gasteiger partial charge in [0, 0.05) is 35.4 Å². The first-order valence-electron chi connectivity index (χ1n) is 7.18. The molecule has 1 heterocycles. The molecule has 4 nitrogen and oxygen atoms in total. The predicted octanol–water partition coefficient (Wildman–Crippen LogP) is 3.55. The van der Waals surface area contributed by atoms with Crippen LogP contribution in [0.5, 0.6) is 0 Å². The van der Waals surface area contributed by atoms with Crippen molar-refractivity contribution in [2.24, 2.45) is 0 Å². The van der Waals surface area contributed by atoms with Crippen LogP contribution >= 0.6 is 11.3 Å². The Labute approximate surface area is 129 Å². The second-order valence-corrected chi connectivity index (χ2v) is 5.74. The summed E-state index contributed by atoms with van der Waals surface area (Å²) >= 11 is 1.64. The van der Waals surface area contributed by atoms with E-state index >= 15 is 0 Å². The van der Waals surface area contributed by atoms with Crippen LogP contribution < -0.4 is 5.32 Å². The highest BCUT2D eigenvalue weighted by Gasteiger charge is 2.12. The fraction of sp³-hybridized carbons (Fsp3) is 0.375. The van der Waals surface area contributed by atoms with Gasteiger partial charge in [0.15, 0.2) is 0 Å². The van der Waals surface area contributed by atoms with Gasteiger partial charge in [-0.1, -0.05) is 6.07 Å². The smallest absolute Gasteiger partial charge is 0.253 e. The maximum absolute atomic E-state index is 12.3. The summed E-state index contributed by atoms with van der Waals surface area (Å²) in [5.41, 5.74) is 2.71. The van der Waals surface area contributed by atoms with Gasteiger partial charge in [-0.2, -0.15) is 0 Å². The molecule has 21 heavy (non-hydrogen) atoms. The van der Waals surface area contributed by atoms with Crippen LogP contribution in [0.4, 0.5) is 5.69 Å². The van der Waals surface area contributed by atoms with E-state index < -0.39 is 0 Å². The molecule has 1 N–H and O–H groups in total. The normalized spacial score (nSPS) is 10.4. The SMILES string of the molecule is CCN(CC)C(=O)c1cccc(NCc2nc(C)cs2)c1. The topological polar surface area (TPSA) is 45.2 Å². The van der Waals surface area contributed by atoms with E-state index in [0.717, 1.165) is 35.0 Å². The Hall–Kier alpha value is -1.88. The molecule has 1 amide bonds. The minimum absolute atomic E-state index is 0.0775. The van der Waals surface area contributed by atoms with Crippen LogP contribution in [0.2, 0.25) is 0 Å². The van der Waals surface area contributed by atoms with Crippen LogP contribution in [-0.4, -0.2) is 28.9 Å². The van der Waals surface area contributed by atoms with Crippen molar-refractivity contribution in [3.63, 3.8) is 0 Å². The number of aromatic nitrogens is 1. The van der Waals surface area contributed by atoms with Crippen molar-refractivity contribution in [1.29, 1.82) is 0 Å². The first kappa shape index (κ1) is 15.5. The summed E-state index contributed by atoms with van der Waals surface area (Å²) in [5.74, 6) is 0.0775. The second kappa shape index (κ2) is 7.22. The molecular formula is C16H21N3OS. The average molecular weight is 303 g/mol. The molecule has 0 fully saturated rings. The number of amides is 1. The van der Waals surface area contributed by atoms with Gasteiger partial charge in [0.25, 0.3) is 5.91 Å². The highest BCUT2D eigenvalue weighted by Crippen LogP contribution is 2.15. The molecule has 0 unspecified atom stereocenters. The highest BCUT2D eigenvalue weighted by molar-refractivity contribution is 7.09. The number of carbonyl (C=O) groups is 1. The summed E-state index contributed by atoms with van der Waals surface area (Å²) in [6.45, 7) is 8.12. The largest absolute Gasteiger partial charge is 0.379 e. The Morgan fingerprint density at radius 3 is 2.71 bits per heavy atom. The van der Waals surface area contributed by atoms with E-state index in [-0.39, 0.29) is 5.91 Å². The Kier molecular flexibility index (Phi) is 5.33. The summed E-state index contributed by atoms with van der Waals surface area (Å²) in [5, 5.41) is 6.41. The summed E-state index contributed by atoms with van der Waals surface area (Å²) in [6.07, 6.45) is 0. The number of rotatable bonds is 6. The number of thiazole rings is 1. The van der Waals surface area contributed by atoms with E-state index in [1.807, 2.05) is 55.3 Å². The van der Waals surface area contributed by atoms with E-state index in [1.165, 1.54) is 0 Å². The first-order valence-corrected chi connectivity index (χ1v) is 8.06. The zero-order valence-electron chi connectivity index (χ0n) is 12.7. The molecule has 0 spiro atoms. The molecular weight excluding hydrogens is 282 g/mol. The maximum Gasteiger partial charge on any atom is 0.253 e. The molecule has 0 aliphatic heterocycles. The van der Waals surface area contributed by atoms with Gasteiger partial charge in [0.1, 0.15) is 5.01 Å². The summed E-state index contributed by atoms with van der Waals surface area (Å²) in [4.78, 5) is 18.6. The summed E-state index contributed by atoms with van der Waals surface area (Å²) < 4.78 is 0. The molecule has 0 radical (unpaired) electrons. The van der Waals surface area contributed by atoms with Crippen molar-refractivity contribution in [2.75, 3.05) is 18.4 Å². The van der Waals surface area contributed by atoms with Crippen molar-refractivity contribution in [3.05, 3.63) is 45.9 Å². The number of hydrogen-bond acceptors (Lipinski definition) is 4. The standard InChI is InChI=1S/C16H21N3OS/c1-4-19(5-2)16(20)13-7-6-8-14(9-13)17-10-15-18-12(3)11-21-15/h6-9,11,17H,4-5,10H2,1-3H3. The first-order chi connectivity index (χ1) is 10.1. The molecule has 5 heteroatoms. The van der Waals surface area contributed by atoms with Gasteiger partial charge >= 0.3 is 0 Å². The molecule has 2 rings (SSSR count). The zero-order valence-corrected chi connectivity index (χ0v) is 13.5. The van der Waals surface area contributed by atoms with Crippen LogP contribution in [0.3, 0.4) is 0 Å². The third-order valence-electron chi connectivity index (χ3n) is 3.27. The highest BCUT2D eigenvalue weighted by atomic mass is 32.1. The lowest BCUT2D eigenvalue weighted by molar-refractivity contribution is 0.0773. The zero-order chi connectivity index (χ0) is 15.2. The summed E-state index contributed by atoms with van der Waals surface area (Å²) in [7, 11) is 0. The van der Waals surface area contributed by atoms with Crippen LogP contribution in [0.1, 0.15) is 34.9 Å². The third-order valence-corrected chi connectivity index (χ3v) is 4.24. The fourth-order valence-electron chi connectivity index (χ4n) is 2.12. The van der Waals surface area contributed by atoms with Crippen LogP contribution in [0.25, 0.3) is 0 Å². The number of aryl methyl sites for hydroxylation is 1. The molecule has 1 aromatic carbocycles. The second-order valence-electron chi connectivity index (χ2n) is 4.79.